The van der Waals surface area contributed by atoms with Gasteiger partial charge in [0, 0.05) is 18.4 Å². The number of nitriles is 1. The van der Waals surface area contributed by atoms with Crippen LogP contribution in [-0.2, 0) is 11.2 Å². The van der Waals surface area contributed by atoms with E-state index >= 15 is 0 Å². The highest BCUT2D eigenvalue weighted by Crippen LogP contribution is 2.14. The van der Waals surface area contributed by atoms with Gasteiger partial charge in [0.15, 0.2) is 0 Å². The Labute approximate surface area is 141 Å². The quantitative estimate of drug-likeness (QED) is 0.317. The summed E-state index contributed by atoms with van der Waals surface area (Å²) >= 11 is 0. The van der Waals surface area contributed by atoms with E-state index in [2.05, 4.69) is 22.8 Å². The van der Waals surface area contributed by atoms with Crippen LogP contribution < -0.4 is 10.6 Å². The molecule has 0 atom stereocenters. The molecule has 5 nitrogen and oxygen atoms in total. The average molecular weight is 321 g/mol. The number of hydrogen-bond donors (Lipinski definition) is 3. The fraction of sp³-hybridized carbons (Fsp3) is 0.158. The molecule has 0 bridgehead atoms. The molecule has 3 N–H and O–H groups in total. The molecule has 24 heavy (non-hydrogen) atoms. The van der Waals surface area contributed by atoms with Crippen molar-refractivity contribution < 1.29 is 9.90 Å². The second-order valence-electron chi connectivity index (χ2n) is 5.21. The second kappa shape index (κ2) is 9.01. The zero-order valence-corrected chi connectivity index (χ0v) is 13.2. The molecule has 0 unspecified atom stereocenters. The first-order valence-corrected chi connectivity index (χ1v) is 7.67. The molecule has 0 aliphatic carbocycles. The number of phenols is 1. The first kappa shape index (κ1) is 17.1. The van der Waals surface area contributed by atoms with Crippen molar-refractivity contribution in [2.45, 2.75) is 12.8 Å². The van der Waals surface area contributed by atoms with Gasteiger partial charge in [-0.15, -0.1) is 0 Å². The molecule has 2 rings (SSSR count). The zero-order valence-electron chi connectivity index (χ0n) is 13.2. The lowest BCUT2D eigenvalue weighted by Gasteiger charge is -2.05. The Balaban J connectivity index is 1.79. The van der Waals surface area contributed by atoms with Crippen molar-refractivity contribution in [2.24, 2.45) is 0 Å². The predicted octanol–water partition coefficient (Wildman–Crippen LogP) is 2.96. The molecule has 0 saturated carbocycles. The number of aromatic hydroxyl groups is 1. The fourth-order valence-electron chi connectivity index (χ4n) is 2.11. The van der Waals surface area contributed by atoms with E-state index in [1.165, 1.54) is 23.9 Å². The molecule has 0 heterocycles. The highest BCUT2D eigenvalue weighted by atomic mass is 16.3. The largest absolute Gasteiger partial charge is 0.508 e. The maximum absolute atomic E-state index is 12.0. The third-order valence-corrected chi connectivity index (χ3v) is 3.37. The van der Waals surface area contributed by atoms with E-state index in [0.717, 1.165) is 12.8 Å². The number of benzene rings is 2. The lowest BCUT2D eigenvalue weighted by molar-refractivity contribution is -0.112. The molecule has 122 valence electrons. The minimum atomic E-state index is -0.487. The summed E-state index contributed by atoms with van der Waals surface area (Å²) in [4.78, 5) is 12.0. The molecule has 0 radical (unpaired) electrons. The van der Waals surface area contributed by atoms with Crippen LogP contribution in [0.2, 0.25) is 0 Å². The first-order valence-electron chi connectivity index (χ1n) is 7.67. The summed E-state index contributed by atoms with van der Waals surface area (Å²) in [5, 5.41) is 23.9. The number of aryl methyl sites for hydroxylation is 1. The average Bonchev–Trinajstić information content (AvgIpc) is 2.61. The molecule has 1 amide bonds. The molecule has 5 heteroatoms. The number of carbonyl (C=O) groups is 1. The maximum atomic E-state index is 12.0. The van der Waals surface area contributed by atoms with Crippen molar-refractivity contribution in [1.29, 1.82) is 5.26 Å². The van der Waals surface area contributed by atoms with Gasteiger partial charge in [0.1, 0.15) is 17.4 Å². The Morgan fingerprint density at radius 2 is 1.83 bits per heavy atom. The lowest BCUT2D eigenvalue weighted by Crippen LogP contribution is -2.17. The fourth-order valence-corrected chi connectivity index (χ4v) is 2.11. The number of carbonyl (C=O) groups excluding carboxylic acids is 1. The smallest absolute Gasteiger partial charge is 0.267 e. The van der Waals surface area contributed by atoms with Crippen LogP contribution in [0, 0.1) is 11.3 Å². The van der Waals surface area contributed by atoms with Crippen LogP contribution >= 0.6 is 0 Å². The Morgan fingerprint density at radius 1 is 1.12 bits per heavy atom. The van der Waals surface area contributed by atoms with E-state index in [4.69, 9.17) is 5.26 Å². The van der Waals surface area contributed by atoms with Crippen LogP contribution in [0.15, 0.2) is 66.4 Å². The Hall–Kier alpha value is -3.26. The summed E-state index contributed by atoms with van der Waals surface area (Å²) in [5.74, 6) is -0.372. The van der Waals surface area contributed by atoms with Crippen molar-refractivity contribution >= 4 is 11.6 Å². The van der Waals surface area contributed by atoms with Crippen molar-refractivity contribution in [3.05, 3.63) is 71.9 Å². The molecule has 0 saturated heterocycles. The van der Waals surface area contributed by atoms with Gasteiger partial charge in [0.05, 0.1) is 0 Å². The molecule has 0 spiro atoms. The molecule has 2 aromatic carbocycles. The molecule has 0 aliphatic rings. The third kappa shape index (κ3) is 5.50. The summed E-state index contributed by atoms with van der Waals surface area (Å²) < 4.78 is 0. The number of anilines is 1. The minimum absolute atomic E-state index is 0.00258. The van der Waals surface area contributed by atoms with E-state index in [0.29, 0.717) is 12.2 Å². The standard InChI is InChI=1S/C19H19N3O2/c20-13-16(19(24)22-17-8-10-18(23)11-9-17)14-21-12-4-7-15-5-2-1-3-6-15/h1-3,5-6,8-11,14,21,23H,4,7,12H2,(H,22,24)/b16-14-. The topological polar surface area (TPSA) is 85.2 Å². The molecule has 0 aliphatic heterocycles. The van der Waals surface area contributed by atoms with E-state index in [1.54, 1.807) is 12.1 Å². The molecule has 0 fully saturated rings. The summed E-state index contributed by atoms with van der Waals surface area (Å²) in [6.07, 6.45) is 3.27. The van der Waals surface area contributed by atoms with Gasteiger partial charge in [0.25, 0.3) is 5.91 Å². The van der Waals surface area contributed by atoms with Gasteiger partial charge >= 0.3 is 0 Å². The summed E-state index contributed by atoms with van der Waals surface area (Å²) in [6, 6.07) is 18.1. The Morgan fingerprint density at radius 3 is 2.50 bits per heavy atom. The van der Waals surface area contributed by atoms with Gasteiger partial charge < -0.3 is 15.7 Å². The minimum Gasteiger partial charge on any atom is -0.508 e. The summed E-state index contributed by atoms with van der Waals surface area (Å²) in [5.41, 5.74) is 1.78. The van der Waals surface area contributed by atoms with Crippen molar-refractivity contribution in [3.63, 3.8) is 0 Å². The van der Waals surface area contributed by atoms with E-state index in [1.807, 2.05) is 24.3 Å². The summed E-state index contributed by atoms with van der Waals surface area (Å²) in [7, 11) is 0. The van der Waals surface area contributed by atoms with Crippen molar-refractivity contribution in [1.82, 2.24) is 5.32 Å². The van der Waals surface area contributed by atoms with Crippen LogP contribution in [0.4, 0.5) is 5.69 Å². The van der Waals surface area contributed by atoms with Crippen LogP contribution in [0.25, 0.3) is 0 Å². The Kier molecular flexibility index (Phi) is 6.42. The van der Waals surface area contributed by atoms with E-state index < -0.39 is 5.91 Å². The van der Waals surface area contributed by atoms with Gasteiger partial charge in [-0.25, -0.2) is 0 Å². The number of phenolic OH excluding ortho intramolecular Hbond substituents is 1. The highest BCUT2D eigenvalue weighted by molar-refractivity contribution is 6.06. The molecular formula is C19H19N3O2. The highest BCUT2D eigenvalue weighted by Gasteiger charge is 2.08. The normalized spacial score (nSPS) is 10.7. The monoisotopic (exact) mass is 321 g/mol. The van der Waals surface area contributed by atoms with Gasteiger partial charge in [0.2, 0.25) is 0 Å². The number of nitrogens with zero attached hydrogens (tertiary/aromatic N) is 1. The van der Waals surface area contributed by atoms with Gasteiger partial charge in [-0.05, 0) is 42.7 Å². The van der Waals surface area contributed by atoms with Gasteiger partial charge in [-0.2, -0.15) is 5.26 Å². The SMILES string of the molecule is N#C/C(=C/NCCCc1ccccc1)C(=O)Nc1ccc(O)cc1. The van der Waals surface area contributed by atoms with Crippen LogP contribution in [0.3, 0.4) is 0 Å². The zero-order chi connectivity index (χ0) is 17.2. The first-order chi connectivity index (χ1) is 11.7. The van der Waals surface area contributed by atoms with Crippen LogP contribution in [-0.4, -0.2) is 17.6 Å². The van der Waals surface area contributed by atoms with E-state index in [9.17, 15) is 9.90 Å². The maximum Gasteiger partial charge on any atom is 0.267 e. The van der Waals surface area contributed by atoms with Crippen LogP contribution in [0.5, 0.6) is 5.75 Å². The number of nitrogens with one attached hydrogen (secondary N) is 2. The Bertz CT molecular complexity index is 731. The molecular weight excluding hydrogens is 302 g/mol. The third-order valence-electron chi connectivity index (χ3n) is 3.37. The van der Waals surface area contributed by atoms with Gasteiger partial charge in [-0.3, -0.25) is 4.79 Å². The van der Waals surface area contributed by atoms with Crippen molar-refractivity contribution in [3.8, 4) is 11.8 Å². The predicted molar refractivity (Wildman–Crippen MR) is 93.2 cm³/mol. The second-order valence-corrected chi connectivity index (χ2v) is 5.21. The number of amides is 1. The molecule has 2 aromatic rings. The van der Waals surface area contributed by atoms with E-state index in [-0.39, 0.29) is 11.3 Å². The summed E-state index contributed by atoms with van der Waals surface area (Å²) in [6.45, 7) is 0.673. The molecule has 0 aromatic heterocycles. The number of hydrogen-bond acceptors (Lipinski definition) is 4. The van der Waals surface area contributed by atoms with Gasteiger partial charge in [-0.1, -0.05) is 30.3 Å². The van der Waals surface area contributed by atoms with Crippen LogP contribution in [0.1, 0.15) is 12.0 Å². The lowest BCUT2D eigenvalue weighted by atomic mass is 10.1. The number of rotatable bonds is 7. The van der Waals surface area contributed by atoms with Crippen molar-refractivity contribution in [2.75, 3.05) is 11.9 Å².